The van der Waals surface area contributed by atoms with E-state index in [1.165, 1.54) is 0 Å². The molecule has 27 heavy (non-hydrogen) atoms. The second kappa shape index (κ2) is 9.07. The molecule has 0 saturated carbocycles. The number of nitrogens with zero attached hydrogens (tertiary/aromatic N) is 2. The highest BCUT2D eigenvalue weighted by Crippen LogP contribution is 2.13. The number of carboxylic acids is 1. The summed E-state index contributed by atoms with van der Waals surface area (Å²) in [4.78, 5) is 46.8. The Kier molecular flexibility index (Phi) is 6.81. The standard InChI is InChI=1S/C19H24N4O4/c1-11(2)9-15(19(26)27)22-16(24)7-6-14-12(3)21-17(23-18(14)25)13-5-4-8-20-10-13/h4-5,8,10-11,15H,6-7,9H2,1-3H3,(H,22,24)(H,26,27)(H,21,23,25). The molecule has 8 nitrogen and oxygen atoms in total. The van der Waals surface area contributed by atoms with Crippen molar-refractivity contribution >= 4 is 11.9 Å². The van der Waals surface area contributed by atoms with Crippen LogP contribution in [0.2, 0.25) is 0 Å². The van der Waals surface area contributed by atoms with E-state index >= 15 is 0 Å². The van der Waals surface area contributed by atoms with Gasteiger partial charge in [0.05, 0.1) is 0 Å². The molecule has 0 radical (unpaired) electrons. The number of hydrogen-bond donors (Lipinski definition) is 3. The molecule has 0 spiro atoms. The van der Waals surface area contributed by atoms with Crippen LogP contribution in [0.4, 0.5) is 0 Å². The quantitative estimate of drug-likeness (QED) is 0.647. The van der Waals surface area contributed by atoms with E-state index in [-0.39, 0.29) is 24.3 Å². The van der Waals surface area contributed by atoms with Crippen LogP contribution >= 0.6 is 0 Å². The molecular weight excluding hydrogens is 348 g/mol. The molecule has 0 bridgehead atoms. The lowest BCUT2D eigenvalue weighted by Crippen LogP contribution is -2.41. The maximum Gasteiger partial charge on any atom is 0.326 e. The number of rotatable bonds is 8. The van der Waals surface area contributed by atoms with Crippen LogP contribution in [0.15, 0.2) is 29.3 Å². The van der Waals surface area contributed by atoms with Gasteiger partial charge in [-0.3, -0.25) is 14.6 Å². The van der Waals surface area contributed by atoms with Gasteiger partial charge in [0.1, 0.15) is 11.9 Å². The molecule has 2 aromatic rings. The molecule has 0 fully saturated rings. The van der Waals surface area contributed by atoms with E-state index in [0.29, 0.717) is 29.1 Å². The minimum atomic E-state index is -1.06. The number of amides is 1. The third-order valence-electron chi connectivity index (χ3n) is 4.10. The number of pyridine rings is 1. The number of carbonyl (C=O) groups is 2. The average molecular weight is 372 g/mol. The Balaban J connectivity index is 2.06. The van der Waals surface area contributed by atoms with Crippen molar-refractivity contribution in [3.8, 4) is 11.4 Å². The van der Waals surface area contributed by atoms with Gasteiger partial charge in [0.15, 0.2) is 0 Å². The number of nitrogens with one attached hydrogen (secondary N) is 2. The van der Waals surface area contributed by atoms with Crippen LogP contribution in [0.1, 0.15) is 37.9 Å². The van der Waals surface area contributed by atoms with Crippen molar-refractivity contribution in [2.75, 3.05) is 0 Å². The van der Waals surface area contributed by atoms with Crippen LogP contribution in [-0.4, -0.2) is 38.0 Å². The van der Waals surface area contributed by atoms with Gasteiger partial charge < -0.3 is 15.4 Å². The fraction of sp³-hybridized carbons (Fsp3) is 0.421. The van der Waals surface area contributed by atoms with Crippen molar-refractivity contribution in [1.29, 1.82) is 0 Å². The second-order valence-corrected chi connectivity index (χ2v) is 6.81. The molecule has 1 atom stereocenters. The van der Waals surface area contributed by atoms with Crippen molar-refractivity contribution < 1.29 is 14.7 Å². The smallest absolute Gasteiger partial charge is 0.326 e. The number of carbonyl (C=O) groups excluding carboxylic acids is 1. The van der Waals surface area contributed by atoms with E-state index in [0.717, 1.165) is 0 Å². The van der Waals surface area contributed by atoms with Gasteiger partial charge in [0, 0.05) is 35.6 Å². The van der Waals surface area contributed by atoms with Crippen LogP contribution in [-0.2, 0) is 16.0 Å². The zero-order chi connectivity index (χ0) is 20.0. The third-order valence-corrected chi connectivity index (χ3v) is 4.10. The molecular formula is C19H24N4O4. The zero-order valence-corrected chi connectivity index (χ0v) is 15.7. The van der Waals surface area contributed by atoms with Crippen molar-refractivity contribution in [2.24, 2.45) is 5.92 Å². The Bertz CT molecular complexity index is 862. The van der Waals surface area contributed by atoms with E-state index in [9.17, 15) is 19.5 Å². The summed E-state index contributed by atoms with van der Waals surface area (Å²) in [6.07, 6.45) is 3.78. The number of hydrogen-bond acceptors (Lipinski definition) is 5. The van der Waals surface area contributed by atoms with Crippen LogP contribution in [0.5, 0.6) is 0 Å². The fourth-order valence-corrected chi connectivity index (χ4v) is 2.74. The highest BCUT2D eigenvalue weighted by molar-refractivity contribution is 5.83. The van der Waals surface area contributed by atoms with Gasteiger partial charge in [-0.15, -0.1) is 0 Å². The molecule has 2 aromatic heterocycles. The largest absolute Gasteiger partial charge is 0.480 e. The summed E-state index contributed by atoms with van der Waals surface area (Å²) in [6.45, 7) is 5.49. The molecule has 0 aliphatic heterocycles. The predicted octanol–water partition coefficient (Wildman–Crippen LogP) is 1.69. The molecule has 0 saturated heterocycles. The maximum atomic E-state index is 12.4. The van der Waals surface area contributed by atoms with E-state index < -0.39 is 17.9 Å². The van der Waals surface area contributed by atoms with E-state index in [1.807, 2.05) is 13.8 Å². The normalized spacial score (nSPS) is 12.0. The van der Waals surface area contributed by atoms with Gasteiger partial charge in [-0.25, -0.2) is 9.78 Å². The Morgan fingerprint density at radius 2 is 2.07 bits per heavy atom. The Morgan fingerprint density at radius 3 is 2.63 bits per heavy atom. The van der Waals surface area contributed by atoms with Crippen LogP contribution in [0.3, 0.4) is 0 Å². The first-order chi connectivity index (χ1) is 12.8. The zero-order valence-electron chi connectivity index (χ0n) is 15.7. The lowest BCUT2D eigenvalue weighted by atomic mass is 10.0. The lowest BCUT2D eigenvalue weighted by Gasteiger charge is -2.16. The molecule has 2 heterocycles. The second-order valence-electron chi connectivity index (χ2n) is 6.81. The van der Waals surface area contributed by atoms with Crippen LogP contribution < -0.4 is 10.9 Å². The van der Waals surface area contributed by atoms with E-state index in [4.69, 9.17) is 0 Å². The summed E-state index contributed by atoms with van der Waals surface area (Å²) in [5.74, 6) is -0.908. The highest BCUT2D eigenvalue weighted by atomic mass is 16.4. The number of aromatic nitrogens is 3. The first-order valence-electron chi connectivity index (χ1n) is 8.80. The number of aromatic amines is 1. The molecule has 1 unspecified atom stereocenters. The summed E-state index contributed by atoms with van der Waals surface area (Å²) in [5, 5.41) is 11.7. The number of aliphatic carboxylic acids is 1. The van der Waals surface area contributed by atoms with E-state index in [1.54, 1.807) is 31.5 Å². The van der Waals surface area contributed by atoms with Gasteiger partial charge in [0.2, 0.25) is 5.91 Å². The van der Waals surface area contributed by atoms with Gasteiger partial charge in [0.25, 0.3) is 5.56 Å². The van der Waals surface area contributed by atoms with Crippen molar-refractivity contribution in [1.82, 2.24) is 20.3 Å². The summed E-state index contributed by atoms with van der Waals surface area (Å²) in [6, 6.07) is 2.61. The third kappa shape index (κ3) is 5.73. The highest BCUT2D eigenvalue weighted by Gasteiger charge is 2.21. The minimum Gasteiger partial charge on any atom is -0.480 e. The average Bonchev–Trinajstić information content (AvgIpc) is 2.60. The van der Waals surface area contributed by atoms with Crippen molar-refractivity contribution in [3.63, 3.8) is 0 Å². The Labute approximate surface area is 157 Å². The van der Waals surface area contributed by atoms with Gasteiger partial charge in [-0.1, -0.05) is 13.8 Å². The Hall–Kier alpha value is -3.03. The topological polar surface area (TPSA) is 125 Å². The SMILES string of the molecule is Cc1nc(-c2cccnc2)[nH]c(=O)c1CCC(=O)NC(CC(C)C)C(=O)O. The number of H-pyrrole nitrogens is 1. The van der Waals surface area contributed by atoms with Crippen molar-refractivity contribution in [2.45, 2.75) is 46.1 Å². The van der Waals surface area contributed by atoms with Crippen molar-refractivity contribution in [3.05, 3.63) is 46.1 Å². The molecule has 3 N–H and O–H groups in total. The summed E-state index contributed by atoms with van der Waals surface area (Å²) in [7, 11) is 0. The van der Waals surface area contributed by atoms with E-state index in [2.05, 4.69) is 20.3 Å². The fourth-order valence-electron chi connectivity index (χ4n) is 2.74. The molecule has 2 rings (SSSR count). The van der Waals surface area contributed by atoms with Gasteiger partial charge in [-0.2, -0.15) is 0 Å². The monoisotopic (exact) mass is 372 g/mol. The minimum absolute atomic E-state index is 0.0136. The maximum absolute atomic E-state index is 12.4. The summed E-state index contributed by atoms with van der Waals surface area (Å²) >= 11 is 0. The lowest BCUT2D eigenvalue weighted by molar-refractivity contribution is -0.142. The first-order valence-corrected chi connectivity index (χ1v) is 8.80. The molecule has 0 aliphatic rings. The molecule has 1 amide bonds. The van der Waals surface area contributed by atoms with Crippen LogP contribution in [0, 0.1) is 12.8 Å². The molecule has 0 aromatic carbocycles. The first kappa shape index (κ1) is 20.3. The Morgan fingerprint density at radius 1 is 1.33 bits per heavy atom. The molecule has 0 aliphatic carbocycles. The predicted molar refractivity (Wildman–Crippen MR) is 100 cm³/mol. The van der Waals surface area contributed by atoms with Crippen LogP contribution in [0.25, 0.3) is 11.4 Å². The molecule has 144 valence electrons. The summed E-state index contributed by atoms with van der Waals surface area (Å²) in [5.41, 5.74) is 1.32. The number of carboxylic acid groups (broad SMARTS) is 1. The number of aryl methyl sites for hydroxylation is 1. The van der Waals surface area contributed by atoms with Gasteiger partial charge in [-0.05, 0) is 37.8 Å². The van der Waals surface area contributed by atoms with Gasteiger partial charge >= 0.3 is 5.97 Å². The molecule has 8 heteroatoms. The summed E-state index contributed by atoms with van der Waals surface area (Å²) < 4.78 is 0.